The van der Waals surface area contributed by atoms with Crippen molar-refractivity contribution in [3.63, 3.8) is 0 Å². The Morgan fingerprint density at radius 1 is 1.46 bits per heavy atom. The van der Waals surface area contributed by atoms with Crippen molar-refractivity contribution in [1.29, 1.82) is 0 Å². The Bertz CT molecular complexity index is 478. The Labute approximate surface area is 79.0 Å². The van der Waals surface area contributed by atoms with E-state index in [2.05, 4.69) is 9.40 Å². The van der Waals surface area contributed by atoms with Gasteiger partial charge in [0.2, 0.25) is 0 Å². The number of H-pyrrole nitrogens is 1. The van der Waals surface area contributed by atoms with Crippen molar-refractivity contribution in [1.82, 2.24) is 4.98 Å². The number of aryl methyl sites for hydroxylation is 2. The molecule has 1 N–H and O–H groups in total. The van der Waals surface area contributed by atoms with Gasteiger partial charge in [-0.15, -0.1) is 11.3 Å². The maximum Gasteiger partial charge on any atom is 0.416 e. The Kier molecular flexibility index (Phi) is 1.84. The van der Waals surface area contributed by atoms with Crippen LogP contribution in [-0.4, -0.2) is 4.98 Å². The summed E-state index contributed by atoms with van der Waals surface area (Å²) in [5.41, 5.74) is 1.81. The fraction of sp³-hybridized carbons (Fsp3) is 0.222. The van der Waals surface area contributed by atoms with Gasteiger partial charge in [-0.3, -0.25) is 4.98 Å². The lowest BCUT2D eigenvalue weighted by molar-refractivity contribution is 0.515. The Morgan fingerprint density at radius 3 is 2.69 bits per heavy atom. The van der Waals surface area contributed by atoms with Gasteiger partial charge in [-0.1, -0.05) is 0 Å². The first-order valence-electron chi connectivity index (χ1n) is 3.92. The minimum atomic E-state index is -0.404. The van der Waals surface area contributed by atoms with E-state index in [1.807, 2.05) is 19.9 Å². The molecule has 0 aliphatic heterocycles. The maximum absolute atomic E-state index is 10.8. The van der Waals surface area contributed by atoms with Crippen LogP contribution in [0.1, 0.15) is 9.75 Å². The van der Waals surface area contributed by atoms with Crippen LogP contribution >= 0.6 is 11.3 Å². The molecule has 2 heterocycles. The number of nitrogens with one attached hydrogen (secondary N) is 1. The molecule has 0 unspecified atom stereocenters. The third-order valence-corrected chi connectivity index (χ3v) is 2.82. The number of oxazole rings is 1. The number of rotatable bonds is 1. The zero-order chi connectivity index (χ0) is 9.42. The number of hydrogen-bond donors (Lipinski definition) is 1. The monoisotopic (exact) mass is 195 g/mol. The summed E-state index contributed by atoms with van der Waals surface area (Å²) in [5, 5.41) is 0. The van der Waals surface area contributed by atoms with Gasteiger partial charge >= 0.3 is 5.76 Å². The number of aromatic amines is 1. The van der Waals surface area contributed by atoms with Crippen LogP contribution in [0.2, 0.25) is 0 Å². The molecule has 4 heteroatoms. The summed E-state index contributed by atoms with van der Waals surface area (Å²) >= 11 is 1.71. The van der Waals surface area contributed by atoms with Gasteiger partial charge in [0.1, 0.15) is 6.26 Å². The van der Waals surface area contributed by atoms with Crippen LogP contribution < -0.4 is 5.76 Å². The first-order valence-corrected chi connectivity index (χ1v) is 4.73. The van der Waals surface area contributed by atoms with Crippen LogP contribution in [-0.2, 0) is 0 Å². The molecule has 0 amide bonds. The third-order valence-electron chi connectivity index (χ3n) is 1.85. The molecule has 0 radical (unpaired) electrons. The molecule has 2 rings (SSSR count). The van der Waals surface area contributed by atoms with Crippen LogP contribution in [0.25, 0.3) is 11.3 Å². The second-order valence-electron chi connectivity index (χ2n) is 2.89. The lowest BCUT2D eigenvalue weighted by atomic mass is 10.2. The molecule has 0 aliphatic rings. The summed E-state index contributed by atoms with van der Waals surface area (Å²) in [6.45, 7) is 4.07. The molecule has 0 spiro atoms. The molecule has 2 aromatic rings. The predicted molar refractivity (Wildman–Crippen MR) is 52.1 cm³/mol. The fourth-order valence-corrected chi connectivity index (χ4v) is 2.25. The fourth-order valence-electron chi connectivity index (χ4n) is 1.31. The van der Waals surface area contributed by atoms with E-state index < -0.39 is 5.76 Å². The zero-order valence-electron chi connectivity index (χ0n) is 7.38. The highest BCUT2D eigenvalue weighted by Crippen LogP contribution is 2.28. The van der Waals surface area contributed by atoms with E-state index in [9.17, 15) is 4.79 Å². The summed E-state index contributed by atoms with van der Waals surface area (Å²) in [6.07, 6.45) is 1.46. The molecule has 0 aliphatic carbocycles. The van der Waals surface area contributed by atoms with Gasteiger partial charge < -0.3 is 4.42 Å². The highest BCUT2D eigenvalue weighted by molar-refractivity contribution is 7.12. The molecular formula is C9H9NO2S. The highest BCUT2D eigenvalue weighted by Gasteiger charge is 2.07. The number of hydrogen-bond acceptors (Lipinski definition) is 3. The van der Waals surface area contributed by atoms with E-state index in [1.165, 1.54) is 16.0 Å². The SMILES string of the molecule is Cc1cc(-c2coc(=O)[nH]2)c(C)s1. The van der Waals surface area contributed by atoms with Crippen LogP contribution in [0.4, 0.5) is 0 Å². The van der Waals surface area contributed by atoms with Crippen molar-refractivity contribution < 1.29 is 4.42 Å². The van der Waals surface area contributed by atoms with E-state index in [0.29, 0.717) is 0 Å². The second-order valence-corrected chi connectivity index (χ2v) is 4.35. The quantitative estimate of drug-likeness (QED) is 0.759. The topological polar surface area (TPSA) is 46.0 Å². The minimum absolute atomic E-state index is 0.404. The number of thiophene rings is 1. The first kappa shape index (κ1) is 8.31. The molecule has 0 atom stereocenters. The molecule has 2 aromatic heterocycles. The smallest absolute Gasteiger partial charge is 0.416 e. The molecule has 0 fully saturated rings. The second kappa shape index (κ2) is 2.88. The number of aromatic nitrogens is 1. The predicted octanol–water partition coefficient (Wildman–Crippen LogP) is 2.31. The van der Waals surface area contributed by atoms with E-state index in [-0.39, 0.29) is 0 Å². The maximum atomic E-state index is 10.8. The van der Waals surface area contributed by atoms with Gasteiger partial charge in [0.05, 0.1) is 5.69 Å². The van der Waals surface area contributed by atoms with Crippen molar-refractivity contribution in [2.45, 2.75) is 13.8 Å². The third kappa shape index (κ3) is 1.45. The molecule has 13 heavy (non-hydrogen) atoms. The molecule has 0 saturated carbocycles. The van der Waals surface area contributed by atoms with E-state index in [1.54, 1.807) is 11.3 Å². The van der Waals surface area contributed by atoms with Crippen molar-refractivity contribution >= 4 is 11.3 Å². The van der Waals surface area contributed by atoms with Gasteiger partial charge in [-0.05, 0) is 19.9 Å². The van der Waals surface area contributed by atoms with Gasteiger partial charge in [-0.2, -0.15) is 0 Å². The molecular weight excluding hydrogens is 186 g/mol. The molecule has 0 aromatic carbocycles. The average Bonchev–Trinajstić information content (AvgIpc) is 2.58. The molecule has 0 saturated heterocycles. The summed E-state index contributed by atoms with van der Waals surface area (Å²) in [7, 11) is 0. The summed E-state index contributed by atoms with van der Waals surface area (Å²) in [4.78, 5) is 15.8. The first-order chi connectivity index (χ1) is 6.16. The largest absolute Gasteiger partial charge is 0.416 e. The van der Waals surface area contributed by atoms with E-state index in [4.69, 9.17) is 0 Å². The van der Waals surface area contributed by atoms with Crippen LogP contribution in [0.15, 0.2) is 21.5 Å². The lowest BCUT2D eigenvalue weighted by Crippen LogP contribution is -1.94. The standard InChI is InChI=1S/C9H9NO2S/c1-5-3-7(6(2)13-5)8-4-12-9(11)10-8/h3-4H,1-2H3,(H,10,11). The van der Waals surface area contributed by atoms with Gasteiger partial charge in [0.15, 0.2) is 0 Å². The summed E-state index contributed by atoms with van der Waals surface area (Å²) in [5.74, 6) is -0.404. The summed E-state index contributed by atoms with van der Waals surface area (Å²) < 4.78 is 4.68. The summed E-state index contributed by atoms with van der Waals surface area (Å²) in [6, 6.07) is 2.04. The van der Waals surface area contributed by atoms with Gasteiger partial charge in [0, 0.05) is 15.3 Å². The average molecular weight is 195 g/mol. The van der Waals surface area contributed by atoms with Crippen LogP contribution in [0.3, 0.4) is 0 Å². The van der Waals surface area contributed by atoms with Crippen molar-refractivity contribution in [2.24, 2.45) is 0 Å². The zero-order valence-corrected chi connectivity index (χ0v) is 8.20. The van der Waals surface area contributed by atoms with Crippen molar-refractivity contribution in [3.8, 4) is 11.3 Å². The molecule has 3 nitrogen and oxygen atoms in total. The highest BCUT2D eigenvalue weighted by atomic mass is 32.1. The normalized spacial score (nSPS) is 10.6. The van der Waals surface area contributed by atoms with Gasteiger partial charge in [0.25, 0.3) is 0 Å². The molecule has 0 bridgehead atoms. The lowest BCUT2D eigenvalue weighted by Gasteiger charge is -1.90. The Balaban J connectivity index is 2.57. The minimum Gasteiger partial charge on any atom is -0.416 e. The van der Waals surface area contributed by atoms with Crippen molar-refractivity contribution in [2.75, 3.05) is 0 Å². The Hall–Kier alpha value is -1.29. The van der Waals surface area contributed by atoms with E-state index >= 15 is 0 Å². The van der Waals surface area contributed by atoms with Crippen molar-refractivity contribution in [3.05, 3.63) is 32.6 Å². The van der Waals surface area contributed by atoms with E-state index in [0.717, 1.165) is 11.3 Å². The van der Waals surface area contributed by atoms with Gasteiger partial charge in [-0.25, -0.2) is 4.79 Å². The Morgan fingerprint density at radius 2 is 2.23 bits per heavy atom. The van der Waals surface area contributed by atoms with Crippen LogP contribution in [0, 0.1) is 13.8 Å². The van der Waals surface area contributed by atoms with Crippen LogP contribution in [0.5, 0.6) is 0 Å². The molecule has 68 valence electrons.